The lowest BCUT2D eigenvalue weighted by Crippen LogP contribution is -2.25. The molecule has 1 fully saturated rings. The molecule has 1 aromatic carbocycles. The molecule has 1 saturated heterocycles. The van der Waals surface area contributed by atoms with Gasteiger partial charge in [-0.2, -0.15) is 0 Å². The van der Waals surface area contributed by atoms with Gasteiger partial charge in [-0.1, -0.05) is 11.6 Å². The van der Waals surface area contributed by atoms with Gasteiger partial charge in [-0.05, 0) is 12.1 Å². The number of Topliss-reactive ketones (excluding diaryl/α,β-unsaturated/α-hetero) is 1. The number of amides is 1. The number of anilines is 1. The monoisotopic (exact) mass is 245 g/mol. The number of carbonyl (C=O) groups is 2. The largest absolute Gasteiger partial charge is 0.303 e. The number of ketones is 1. The molecule has 3 nitrogen and oxygen atoms in total. The van der Waals surface area contributed by atoms with Gasteiger partial charge in [-0.25, -0.2) is 8.78 Å². The Hall–Kier alpha value is -1.49. The standard InChI is InChI=1S/C10H6ClF2NO2/c11-9-7(2-1-6(12)10(9)13)14-4-5(15)3-8(14)16/h1-2H,3-4H2. The number of hydrogen-bond donors (Lipinski definition) is 0. The molecule has 2 rings (SSSR count). The number of halogens is 3. The number of benzene rings is 1. The predicted octanol–water partition coefficient (Wildman–Crippen LogP) is 1.92. The third-order valence-electron chi connectivity index (χ3n) is 2.29. The Bertz CT molecular complexity index is 490. The Morgan fingerprint density at radius 1 is 1.25 bits per heavy atom. The van der Waals surface area contributed by atoms with Crippen LogP contribution in [0.15, 0.2) is 12.1 Å². The zero-order chi connectivity index (χ0) is 11.9. The summed E-state index contributed by atoms with van der Waals surface area (Å²) < 4.78 is 25.9. The number of hydrogen-bond acceptors (Lipinski definition) is 2. The van der Waals surface area contributed by atoms with E-state index in [9.17, 15) is 18.4 Å². The lowest BCUT2D eigenvalue weighted by molar-refractivity contribution is -0.121. The summed E-state index contributed by atoms with van der Waals surface area (Å²) in [5, 5.41) is -0.483. The molecule has 16 heavy (non-hydrogen) atoms. The normalized spacial score (nSPS) is 16.1. The second-order valence-corrected chi connectivity index (χ2v) is 3.77. The third kappa shape index (κ3) is 1.67. The van der Waals surface area contributed by atoms with Gasteiger partial charge in [-0.15, -0.1) is 0 Å². The van der Waals surface area contributed by atoms with Gasteiger partial charge in [-0.3, -0.25) is 9.59 Å². The molecule has 1 aromatic rings. The van der Waals surface area contributed by atoms with Crippen LogP contribution in [-0.4, -0.2) is 18.2 Å². The highest BCUT2D eigenvalue weighted by Gasteiger charge is 2.31. The quantitative estimate of drug-likeness (QED) is 0.560. The van der Waals surface area contributed by atoms with Crippen LogP contribution in [0.3, 0.4) is 0 Å². The van der Waals surface area contributed by atoms with Crippen molar-refractivity contribution in [2.75, 3.05) is 11.4 Å². The smallest absolute Gasteiger partial charge is 0.234 e. The molecule has 0 aromatic heterocycles. The minimum absolute atomic E-state index is 0.0245. The first-order chi connectivity index (χ1) is 7.50. The first kappa shape index (κ1) is 11.0. The second kappa shape index (κ2) is 3.83. The first-order valence-corrected chi connectivity index (χ1v) is 4.84. The fourth-order valence-corrected chi connectivity index (χ4v) is 1.78. The molecule has 0 spiro atoms. The van der Waals surface area contributed by atoms with Crippen molar-refractivity contribution in [1.29, 1.82) is 0 Å². The summed E-state index contributed by atoms with van der Waals surface area (Å²) >= 11 is 5.57. The van der Waals surface area contributed by atoms with Gasteiger partial charge in [0.2, 0.25) is 5.91 Å². The SMILES string of the molecule is O=C1CC(=O)N(c2ccc(F)c(F)c2Cl)C1. The maximum atomic E-state index is 13.1. The summed E-state index contributed by atoms with van der Waals surface area (Å²) in [7, 11) is 0. The maximum Gasteiger partial charge on any atom is 0.234 e. The Balaban J connectivity index is 2.45. The van der Waals surface area contributed by atoms with E-state index < -0.39 is 22.6 Å². The van der Waals surface area contributed by atoms with E-state index in [0.29, 0.717) is 0 Å². The summed E-state index contributed by atoms with van der Waals surface area (Å²) in [5.41, 5.74) is 0.0245. The predicted molar refractivity (Wildman–Crippen MR) is 53.3 cm³/mol. The van der Waals surface area contributed by atoms with Crippen molar-refractivity contribution in [3.05, 3.63) is 28.8 Å². The van der Waals surface area contributed by atoms with Crippen molar-refractivity contribution in [3.63, 3.8) is 0 Å². The van der Waals surface area contributed by atoms with Crippen LogP contribution in [-0.2, 0) is 9.59 Å². The molecule has 84 valence electrons. The van der Waals surface area contributed by atoms with Crippen LogP contribution >= 0.6 is 11.6 Å². The number of rotatable bonds is 1. The molecule has 6 heteroatoms. The number of nitrogens with zero attached hydrogens (tertiary/aromatic N) is 1. The van der Waals surface area contributed by atoms with Gasteiger partial charge in [0, 0.05) is 0 Å². The van der Waals surface area contributed by atoms with E-state index in [1.807, 2.05) is 0 Å². The van der Waals surface area contributed by atoms with E-state index in [1.165, 1.54) is 6.07 Å². The summed E-state index contributed by atoms with van der Waals surface area (Å²) in [4.78, 5) is 23.4. The lowest BCUT2D eigenvalue weighted by atomic mass is 10.2. The highest BCUT2D eigenvalue weighted by atomic mass is 35.5. The van der Waals surface area contributed by atoms with Crippen LogP contribution < -0.4 is 4.90 Å². The minimum Gasteiger partial charge on any atom is -0.303 e. The molecule has 1 aliphatic heterocycles. The molecule has 0 bridgehead atoms. The minimum atomic E-state index is -1.22. The third-order valence-corrected chi connectivity index (χ3v) is 2.65. The van der Waals surface area contributed by atoms with E-state index in [-0.39, 0.29) is 24.4 Å². The van der Waals surface area contributed by atoms with E-state index in [0.717, 1.165) is 11.0 Å². The van der Waals surface area contributed by atoms with Gasteiger partial charge < -0.3 is 4.90 Å². The molecule has 0 saturated carbocycles. The maximum absolute atomic E-state index is 13.1. The van der Waals surface area contributed by atoms with Crippen LogP contribution in [0.25, 0.3) is 0 Å². The fraction of sp³-hybridized carbons (Fsp3) is 0.200. The van der Waals surface area contributed by atoms with E-state index in [1.54, 1.807) is 0 Å². The van der Waals surface area contributed by atoms with E-state index in [2.05, 4.69) is 0 Å². The van der Waals surface area contributed by atoms with Crippen molar-refractivity contribution in [1.82, 2.24) is 0 Å². The van der Waals surface area contributed by atoms with Crippen LogP contribution in [0.5, 0.6) is 0 Å². The van der Waals surface area contributed by atoms with Gasteiger partial charge in [0.1, 0.15) is 5.02 Å². The topological polar surface area (TPSA) is 37.4 Å². The Morgan fingerprint density at radius 3 is 2.50 bits per heavy atom. The van der Waals surface area contributed by atoms with Crippen LogP contribution in [0, 0.1) is 11.6 Å². The Kier molecular flexibility index (Phi) is 2.63. The second-order valence-electron chi connectivity index (χ2n) is 3.39. The van der Waals surface area contributed by atoms with Gasteiger partial charge in [0.05, 0.1) is 18.7 Å². The summed E-state index contributed by atoms with van der Waals surface area (Å²) in [5.74, 6) is -3.04. The molecule has 1 amide bonds. The van der Waals surface area contributed by atoms with E-state index >= 15 is 0 Å². The van der Waals surface area contributed by atoms with Gasteiger partial charge in [0.25, 0.3) is 0 Å². The van der Waals surface area contributed by atoms with Gasteiger partial charge in [0.15, 0.2) is 17.4 Å². The summed E-state index contributed by atoms with van der Waals surface area (Å²) in [6.07, 6.45) is -0.227. The van der Waals surface area contributed by atoms with Crippen LogP contribution in [0.1, 0.15) is 6.42 Å². The van der Waals surface area contributed by atoms with Crippen molar-refractivity contribution < 1.29 is 18.4 Å². The van der Waals surface area contributed by atoms with Crippen molar-refractivity contribution >= 4 is 29.0 Å². The zero-order valence-corrected chi connectivity index (χ0v) is 8.72. The van der Waals surface area contributed by atoms with Crippen molar-refractivity contribution in [3.8, 4) is 0 Å². The molecule has 0 radical (unpaired) electrons. The summed E-state index contributed by atoms with van der Waals surface area (Å²) in [6, 6.07) is 2.05. The van der Waals surface area contributed by atoms with Crippen molar-refractivity contribution in [2.24, 2.45) is 0 Å². The molecular formula is C10H6ClF2NO2. The molecule has 0 aliphatic carbocycles. The molecule has 1 heterocycles. The molecule has 1 aliphatic rings. The molecule has 0 unspecified atom stereocenters. The Labute approximate surface area is 94.6 Å². The molecule has 0 atom stereocenters. The average Bonchev–Trinajstić information content (AvgIpc) is 2.55. The lowest BCUT2D eigenvalue weighted by Gasteiger charge is -2.16. The van der Waals surface area contributed by atoms with Crippen LogP contribution in [0.2, 0.25) is 5.02 Å². The van der Waals surface area contributed by atoms with E-state index in [4.69, 9.17) is 11.6 Å². The highest BCUT2D eigenvalue weighted by Crippen LogP contribution is 2.31. The molecular weight excluding hydrogens is 240 g/mol. The zero-order valence-electron chi connectivity index (χ0n) is 7.97. The first-order valence-electron chi connectivity index (χ1n) is 4.46. The Morgan fingerprint density at radius 2 is 1.94 bits per heavy atom. The highest BCUT2D eigenvalue weighted by molar-refractivity contribution is 6.34. The van der Waals surface area contributed by atoms with Crippen molar-refractivity contribution in [2.45, 2.75) is 6.42 Å². The number of carbonyl (C=O) groups excluding carboxylic acids is 2. The fourth-order valence-electron chi connectivity index (χ4n) is 1.53. The van der Waals surface area contributed by atoms with Gasteiger partial charge >= 0.3 is 0 Å². The summed E-state index contributed by atoms with van der Waals surface area (Å²) in [6.45, 7) is -0.149. The average molecular weight is 246 g/mol. The van der Waals surface area contributed by atoms with Crippen LogP contribution in [0.4, 0.5) is 14.5 Å². The molecule has 0 N–H and O–H groups in total.